The number of fused-ring (bicyclic) bond motifs is 1. The van der Waals surface area contributed by atoms with Gasteiger partial charge in [-0.2, -0.15) is 0 Å². The molecule has 3 heterocycles. The molecule has 0 aliphatic carbocycles. The number of anilines is 1. The Balaban J connectivity index is 1.47. The molecule has 1 aliphatic heterocycles. The van der Waals surface area contributed by atoms with Crippen molar-refractivity contribution >= 4 is 38.6 Å². The third-order valence-electron chi connectivity index (χ3n) is 8.06. The van der Waals surface area contributed by atoms with E-state index < -0.39 is 23.5 Å². The first-order valence-electron chi connectivity index (χ1n) is 15.4. The van der Waals surface area contributed by atoms with Crippen molar-refractivity contribution in [1.29, 1.82) is 0 Å². The molecule has 3 aromatic carbocycles. The van der Waals surface area contributed by atoms with E-state index in [-0.39, 0.29) is 24.2 Å². The van der Waals surface area contributed by atoms with Crippen LogP contribution in [0, 0.1) is 30.3 Å². The van der Waals surface area contributed by atoms with E-state index in [1.165, 1.54) is 35.6 Å². The Bertz CT molecular complexity index is 2010. The van der Waals surface area contributed by atoms with Crippen LogP contribution < -0.4 is 16.4 Å². The van der Waals surface area contributed by atoms with Crippen molar-refractivity contribution in [3.05, 3.63) is 129 Å². The molecule has 242 valence electrons. The molecule has 5 aromatic rings. The van der Waals surface area contributed by atoms with Gasteiger partial charge in [-0.25, -0.2) is 13.2 Å². The van der Waals surface area contributed by atoms with Crippen molar-refractivity contribution in [3.8, 4) is 0 Å². The average Bonchev–Trinajstić information content (AvgIpc) is 3.67. The van der Waals surface area contributed by atoms with Gasteiger partial charge in [0.05, 0.1) is 16.3 Å². The van der Waals surface area contributed by atoms with Crippen LogP contribution >= 0.6 is 11.3 Å². The second-order valence-electron chi connectivity index (χ2n) is 12.0. The molecule has 47 heavy (non-hydrogen) atoms. The lowest BCUT2D eigenvalue weighted by atomic mass is 9.81. The number of thiophene rings is 1. The Hall–Kier alpha value is -4.90. The first-order chi connectivity index (χ1) is 22.6. The average molecular weight is 658 g/mol. The van der Waals surface area contributed by atoms with Crippen LogP contribution in [-0.2, 0) is 17.8 Å². The molecule has 4 N–H and O–H groups in total. The maximum Gasteiger partial charge on any atom is 0.247 e. The highest BCUT2D eigenvalue weighted by Crippen LogP contribution is 2.48. The van der Waals surface area contributed by atoms with Crippen LogP contribution in [0.2, 0.25) is 0 Å². The van der Waals surface area contributed by atoms with Gasteiger partial charge in [0.2, 0.25) is 17.7 Å². The fraction of sp³-hybridized carbons (Fsp3) is 0.250. The summed E-state index contributed by atoms with van der Waals surface area (Å²) < 4.78 is 48.0. The number of nitrogens with one attached hydrogen (secondary N) is 2. The van der Waals surface area contributed by atoms with Gasteiger partial charge in [0.1, 0.15) is 5.82 Å². The Kier molecular flexibility index (Phi) is 9.17. The van der Waals surface area contributed by atoms with Gasteiger partial charge in [-0.15, -0.1) is 21.5 Å². The zero-order valence-electron chi connectivity index (χ0n) is 26.2. The summed E-state index contributed by atoms with van der Waals surface area (Å²) in [4.78, 5) is 14.2. The van der Waals surface area contributed by atoms with E-state index in [2.05, 4.69) is 34.7 Å². The number of primary amides is 1. The number of rotatable bonds is 11. The van der Waals surface area contributed by atoms with Gasteiger partial charge in [0, 0.05) is 40.9 Å². The number of aryl methyl sites for hydroxylation is 2. The Morgan fingerprint density at radius 2 is 1.74 bits per heavy atom. The topological polar surface area (TPSA) is 106 Å². The van der Waals surface area contributed by atoms with E-state index in [1.54, 1.807) is 19.1 Å². The van der Waals surface area contributed by atoms with Gasteiger partial charge in [-0.05, 0) is 78.1 Å². The van der Waals surface area contributed by atoms with Crippen molar-refractivity contribution in [1.82, 2.24) is 15.5 Å². The highest BCUT2D eigenvalue weighted by Gasteiger charge is 2.38. The molecule has 0 saturated heterocycles. The lowest BCUT2D eigenvalue weighted by molar-refractivity contribution is -0.114. The smallest absolute Gasteiger partial charge is 0.247 e. The third-order valence-corrected chi connectivity index (χ3v) is 9.30. The first-order valence-corrected chi connectivity index (χ1v) is 16.2. The fourth-order valence-electron chi connectivity index (χ4n) is 5.94. The number of nitrogens with zero attached hydrogens (tertiary/aromatic N) is 2. The molecule has 0 bridgehead atoms. The van der Waals surface area contributed by atoms with Crippen molar-refractivity contribution in [2.45, 2.75) is 52.5 Å². The molecular weight excluding hydrogens is 623 g/mol. The number of aromatic nitrogens is 2. The van der Waals surface area contributed by atoms with Crippen LogP contribution in [0.3, 0.4) is 0 Å². The van der Waals surface area contributed by atoms with Crippen molar-refractivity contribution in [2.75, 3.05) is 5.32 Å². The molecule has 11 heteroatoms. The predicted molar refractivity (Wildman–Crippen MR) is 178 cm³/mol. The zero-order valence-corrected chi connectivity index (χ0v) is 27.0. The van der Waals surface area contributed by atoms with Gasteiger partial charge < -0.3 is 20.8 Å². The quantitative estimate of drug-likeness (QED) is 0.132. The summed E-state index contributed by atoms with van der Waals surface area (Å²) in [6.45, 7) is 6.14. The third kappa shape index (κ3) is 6.95. The Morgan fingerprint density at radius 1 is 0.979 bits per heavy atom. The van der Waals surface area contributed by atoms with E-state index in [0.717, 1.165) is 43.7 Å². The monoisotopic (exact) mass is 657 g/mol. The highest BCUT2D eigenvalue weighted by molar-refractivity contribution is 7.19. The first kappa shape index (κ1) is 32.1. The minimum atomic E-state index is -0.902. The molecule has 1 unspecified atom stereocenters. The van der Waals surface area contributed by atoms with Gasteiger partial charge in [0.15, 0.2) is 11.6 Å². The standard InChI is InChI=1S/C36H34F3N5O2S/c1-19(2)15-29-31(35(40)45)33(32(36-44-43-20(3)46-36)27(42-29)14-10-21-7-11-24(37)12-8-21)30-17-23-5-4-6-28(34(23)47-30)41-18-22-9-13-25(38)26(39)16-22/h4-9,11-13,16-17,19,33,41-42H,10,14-15,18H2,1-3H3,(H2,40,45). The van der Waals surface area contributed by atoms with Crippen LogP contribution in [0.1, 0.15) is 60.4 Å². The number of halogens is 3. The van der Waals surface area contributed by atoms with Crippen LogP contribution in [-0.4, -0.2) is 16.1 Å². The molecule has 1 amide bonds. The summed E-state index contributed by atoms with van der Waals surface area (Å²) in [6.07, 6.45) is 1.70. The number of allylic oxidation sites excluding steroid dienone is 3. The zero-order chi connectivity index (χ0) is 33.2. The molecular formula is C36H34F3N5O2S. The van der Waals surface area contributed by atoms with E-state index in [0.29, 0.717) is 41.9 Å². The number of amides is 1. The second kappa shape index (κ2) is 13.4. The summed E-state index contributed by atoms with van der Waals surface area (Å²) in [5.41, 5.74) is 11.2. The number of nitrogens with two attached hydrogens (primary N) is 1. The lowest BCUT2D eigenvalue weighted by Gasteiger charge is -2.32. The number of benzene rings is 3. The molecule has 0 fully saturated rings. The van der Waals surface area contributed by atoms with Crippen LogP contribution in [0.5, 0.6) is 0 Å². The molecule has 1 atom stereocenters. The van der Waals surface area contributed by atoms with Gasteiger partial charge in [-0.1, -0.05) is 44.2 Å². The summed E-state index contributed by atoms with van der Waals surface area (Å²) in [6, 6.07) is 18.1. The number of hydrogen-bond donors (Lipinski definition) is 3. The van der Waals surface area contributed by atoms with Crippen molar-refractivity contribution in [3.63, 3.8) is 0 Å². The normalized spacial score (nSPS) is 15.1. The maximum absolute atomic E-state index is 13.9. The second-order valence-corrected chi connectivity index (χ2v) is 13.1. The van der Waals surface area contributed by atoms with Crippen molar-refractivity contribution in [2.24, 2.45) is 11.7 Å². The number of carbonyl (C=O) groups is 1. The fourth-order valence-corrected chi connectivity index (χ4v) is 7.21. The molecule has 0 radical (unpaired) electrons. The lowest BCUT2D eigenvalue weighted by Crippen LogP contribution is -2.33. The number of dihydropyridines is 1. The van der Waals surface area contributed by atoms with Gasteiger partial charge in [0.25, 0.3) is 0 Å². The van der Waals surface area contributed by atoms with Crippen LogP contribution in [0.15, 0.2) is 88.1 Å². The molecule has 0 spiro atoms. The van der Waals surface area contributed by atoms with E-state index in [9.17, 15) is 18.0 Å². The van der Waals surface area contributed by atoms with Crippen molar-refractivity contribution < 1.29 is 22.4 Å². The summed E-state index contributed by atoms with van der Waals surface area (Å²) in [7, 11) is 0. The molecule has 2 aromatic heterocycles. The number of carbonyl (C=O) groups excluding carboxylic acids is 1. The molecule has 6 rings (SSSR count). The van der Waals surface area contributed by atoms with Crippen LogP contribution in [0.25, 0.3) is 15.7 Å². The molecule has 1 aliphatic rings. The minimum Gasteiger partial charge on any atom is -0.421 e. The molecule has 0 saturated carbocycles. The van der Waals surface area contributed by atoms with Crippen LogP contribution in [0.4, 0.5) is 18.9 Å². The molecule has 7 nitrogen and oxygen atoms in total. The maximum atomic E-state index is 13.9. The Labute approximate surface area is 274 Å². The summed E-state index contributed by atoms with van der Waals surface area (Å²) in [5, 5.41) is 16.3. The SMILES string of the molecule is Cc1nnc(C2=C(CCc3ccc(F)cc3)NC(CC(C)C)=C(C(N)=O)C2c2cc3cccc(NCc4ccc(F)c(F)c4)c3s2)o1. The Morgan fingerprint density at radius 3 is 2.43 bits per heavy atom. The van der Waals surface area contributed by atoms with Gasteiger partial charge in [-0.3, -0.25) is 4.79 Å². The minimum absolute atomic E-state index is 0.215. The predicted octanol–water partition coefficient (Wildman–Crippen LogP) is 8.14. The largest absolute Gasteiger partial charge is 0.421 e. The number of hydrogen-bond acceptors (Lipinski definition) is 7. The van der Waals surface area contributed by atoms with E-state index >= 15 is 0 Å². The highest BCUT2D eigenvalue weighted by atomic mass is 32.1. The van der Waals surface area contributed by atoms with Gasteiger partial charge >= 0.3 is 0 Å². The summed E-state index contributed by atoms with van der Waals surface area (Å²) >= 11 is 1.50. The van der Waals surface area contributed by atoms with E-state index in [1.807, 2.05) is 24.3 Å². The summed E-state index contributed by atoms with van der Waals surface area (Å²) in [5.74, 6) is -2.39. The van der Waals surface area contributed by atoms with E-state index in [4.69, 9.17) is 10.2 Å².